The highest BCUT2D eigenvalue weighted by Crippen LogP contribution is 2.16. The molecule has 0 saturated heterocycles. The van der Waals surface area contributed by atoms with Crippen LogP contribution < -0.4 is 10.6 Å². The lowest BCUT2D eigenvalue weighted by Gasteiger charge is -2.11. The van der Waals surface area contributed by atoms with Gasteiger partial charge in [-0.05, 0) is 30.7 Å². The van der Waals surface area contributed by atoms with E-state index in [1.807, 2.05) is 20.0 Å². The Morgan fingerprint density at radius 3 is 2.74 bits per heavy atom. The molecule has 2 aromatic rings. The molecular formula is C15H21FIN5O. The Kier molecular flexibility index (Phi) is 7.79. The Morgan fingerprint density at radius 2 is 2.13 bits per heavy atom. The van der Waals surface area contributed by atoms with Gasteiger partial charge in [0.05, 0.1) is 18.8 Å². The third-order valence-electron chi connectivity index (χ3n) is 3.14. The van der Waals surface area contributed by atoms with Gasteiger partial charge in [-0.3, -0.25) is 4.68 Å². The maximum absolute atomic E-state index is 13.3. The lowest BCUT2D eigenvalue weighted by atomic mass is 10.2. The number of phenols is 1. The summed E-state index contributed by atoms with van der Waals surface area (Å²) in [6, 6.07) is 6.18. The summed E-state index contributed by atoms with van der Waals surface area (Å²) in [7, 11) is 1.88. The molecule has 0 aliphatic heterocycles. The number of aryl methyl sites for hydroxylation is 1. The average molecular weight is 433 g/mol. The summed E-state index contributed by atoms with van der Waals surface area (Å²) in [6.45, 7) is 3.60. The van der Waals surface area contributed by atoms with E-state index >= 15 is 0 Å². The van der Waals surface area contributed by atoms with Crippen molar-refractivity contribution in [1.82, 2.24) is 20.4 Å². The van der Waals surface area contributed by atoms with Crippen LogP contribution in [0.15, 0.2) is 35.5 Å². The van der Waals surface area contributed by atoms with Crippen LogP contribution in [0.4, 0.5) is 4.39 Å². The summed E-state index contributed by atoms with van der Waals surface area (Å²) in [5, 5.41) is 19.6. The number of hydrogen-bond acceptors (Lipinski definition) is 3. The van der Waals surface area contributed by atoms with Gasteiger partial charge in [0.15, 0.2) is 17.5 Å². The molecule has 0 saturated carbocycles. The Bertz CT molecular complexity index is 659. The smallest absolute Gasteiger partial charge is 0.191 e. The summed E-state index contributed by atoms with van der Waals surface area (Å²) in [6.07, 6.45) is 1.74. The lowest BCUT2D eigenvalue weighted by Crippen LogP contribution is -2.37. The average Bonchev–Trinajstić information content (AvgIpc) is 2.91. The van der Waals surface area contributed by atoms with Crippen molar-refractivity contribution in [2.75, 3.05) is 6.54 Å². The molecule has 0 amide bonds. The Morgan fingerprint density at radius 1 is 1.35 bits per heavy atom. The van der Waals surface area contributed by atoms with Crippen molar-refractivity contribution in [3.05, 3.63) is 47.5 Å². The van der Waals surface area contributed by atoms with Crippen molar-refractivity contribution in [3.8, 4) is 5.75 Å². The largest absolute Gasteiger partial charge is 0.505 e. The van der Waals surface area contributed by atoms with Gasteiger partial charge in [0.1, 0.15) is 0 Å². The van der Waals surface area contributed by atoms with Gasteiger partial charge in [-0.15, -0.1) is 24.0 Å². The summed E-state index contributed by atoms with van der Waals surface area (Å²) in [4.78, 5) is 4.40. The monoisotopic (exact) mass is 433 g/mol. The number of phenolic OH excluding ortho intramolecular Hbond substituents is 1. The van der Waals surface area contributed by atoms with Gasteiger partial charge in [0, 0.05) is 19.8 Å². The number of guanidine groups is 1. The van der Waals surface area contributed by atoms with Crippen LogP contribution in [-0.4, -0.2) is 27.4 Å². The lowest BCUT2D eigenvalue weighted by molar-refractivity contribution is 0.432. The SMILES string of the molecule is CCNC(=NCc1ccc(O)c(F)c1)NCc1ccnn1C.I. The second-order valence-corrected chi connectivity index (χ2v) is 4.78. The van der Waals surface area contributed by atoms with E-state index in [1.54, 1.807) is 16.9 Å². The molecular weight excluding hydrogens is 412 g/mol. The Hall–Kier alpha value is -1.84. The van der Waals surface area contributed by atoms with E-state index in [1.165, 1.54) is 12.1 Å². The minimum Gasteiger partial charge on any atom is -0.505 e. The number of nitrogens with zero attached hydrogens (tertiary/aromatic N) is 3. The number of aromatic hydroxyl groups is 1. The standard InChI is InChI=1S/C15H20FN5O.HI/c1-3-17-15(19-10-12-6-7-20-21(12)2)18-9-11-4-5-14(22)13(16)8-11;/h4-8,22H,3,9-10H2,1-2H3,(H2,17,18,19);1H. The van der Waals surface area contributed by atoms with E-state index in [9.17, 15) is 9.50 Å². The predicted octanol–water partition coefficient (Wildman–Crippen LogP) is 2.14. The molecule has 1 aromatic carbocycles. The molecule has 0 unspecified atom stereocenters. The van der Waals surface area contributed by atoms with E-state index in [0.29, 0.717) is 24.6 Å². The number of benzene rings is 1. The van der Waals surface area contributed by atoms with Gasteiger partial charge in [-0.1, -0.05) is 6.07 Å². The van der Waals surface area contributed by atoms with Crippen molar-refractivity contribution in [2.45, 2.75) is 20.0 Å². The highest BCUT2D eigenvalue weighted by Gasteiger charge is 2.03. The first-order chi connectivity index (χ1) is 10.6. The molecule has 0 bridgehead atoms. The number of aliphatic imine (C=N–C) groups is 1. The minimum absolute atomic E-state index is 0. The maximum atomic E-state index is 13.3. The highest BCUT2D eigenvalue weighted by atomic mass is 127. The summed E-state index contributed by atoms with van der Waals surface area (Å²) < 4.78 is 15.1. The molecule has 1 aromatic heterocycles. The second kappa shape index (κ2) is 9.33. The minimum atomic E-state index is -0.638. The topological polar surface area (TPSA) is 74.5 Å². The predicted molar refractivity (Wildman–Crippen MR) is 98.3 cm³/mol. The molecule has 0 atom stereocenters. The van der Waals surface area contributed by atoms with Gasteiger partial charge >= 0.3 is 0 Å². The molecule has 3 N–H and O–H groups in total. The van der Waals surface area contributed by atoms with Crippen molar-refractivity contribution in [1.29, 1.82) is 0 Å². The number of aromatic nitrogens is 2. The van der Waals surface area contributed by atoms with Crippen molar-refractivity contribution in [3.63, 3.8) is 0 Å². The fourth-order valence-electron chi connectivity index (χ4n) is 1.91. The number of hydrogen-bond donors (Lipinski definition) is 3. The van der Waals surface area contributed by atoms with Crippen molar-refractivity contribution < 1.29 is 9.50 Å². The Labute approximate surface area is 151 Å². The summed E-state index contributed by atoms with van der Waals surface area (Å²) in [5.74, 6) is -0.355. The van der Waals surface area contributed by atoms with Crippen molar-refractivity contribution >= 4 is 29.9 Å². The molecule has 126 valence electrons. The second-order valence-electron chi connectivity index (χ2n) is 4.78. The molecule has 2 rings (SSSR count). The van der Waals surface area contributed by atoms with Crippen LogP contribution in [0.3, 0.4) is 0 Å². The third kappa shape index (κ3) is 5.70. The first-order valence-corrected chi connectivity index (χ1v) is 7.06. The fourth-order valence-corrected chi connectivity index (χ4v) is 1.91. The van der Waals surface area contributed by atoms with Gasteiger partial charge in [-0.2, -0.15) is 5.10 Å². The maximum Gasteiger partial charge on any atom is 0.191 e. The molecule has 0 spiro atoms. The fraction of sp³-hybridized carbons (Fsp3) is 0.333. The van der Waals surface area contributed by atoms with Crippen LogP contribution in [0.2, 0.25) is 0 Å². The van der Waals surface area contributed by atoms with Gasteiger partial charge in [0.2, 0.25) is 0 Å². The van der Waals surface area contributed by atoms with Crippen molar-refractivity contribution in [2.24, 2.45) is 12.0 Å². The number of nitrogens with one attached hydrogen (secondary N) is 2. The molecule has 1 heterocycles. The van der Waals surface area contributed by atoms with Crippen LogP contribution >= 0.6 is 24.0 Å². The third-order valence-corrected chi connectivity index (χ3v) is 3.14. The van der Waals surface area contributed by atoms with E-state index in [2.05, 4.69) is 20.7 Å². The quantitative estimate of drug-likeness (QED) is 0.384. The van der Waals surface area contributed by atoms with Crippen LogP contribution in [0.5, 0.6) is 5.75 Å². The molecule has 0 aliphatic carbocycles. The molecule has 0 radical (unpaired) electrons. The van der Waals surface area contributed by atoms with Gasteiger partial charge < -0.3 is 15.7 Å². The van der Waals surface area contributed by atoms with Crippen LogP contribution in [-0.2, 0) is 20.1 Å². The van der Waals surface area contributed by atoms with Crippen LogP contribution in [0.1, 0.15) is 18.2 Å². The van der Waals surface area contributed by atoms with Gasteiger partial charge in [-0.25, -0.2) is 9.38 Å². The first-order valence-electron chi connectivity index (χ1n) is 7.06. The number of rotatable bonds is 5. The molecule has 23 heavy (non-hydrogen) atoms. The normalized spacial score (nSPS) is 11.0. The molecule has 0 fully saturated rings. The molecule has 0 aliphatic rings. The highest BCUT2D eigenvalue weighted by molar-refractivity contribution is 14.0. The zero-order valence-electron chi connectivity index (χ0n) is 13.1. The summed E-state index contributed by atoms with van der Waals surface area (Å²) >= 11 is 0. The Balaban J connectivity index is 0.00000264. The molecule has 6 nitrogen and oxygen atoms in total. The number of halogens is 2. The van der Waals surface area contributed by atoms with Crippen LogP contribution in [0.25, 0.3) is 0 Å². The van der Waals surface area contributed by atoms with E-state index in [4.69, 9.17) is 0 Å². The molecule has 8 heteroatoms. The summed E-state index contributed by atoms with van der Waals surface area (Å²) in [5.41, 5.74) is 1.72. The first kappa shape index (κ1) is 19.2. The van der Waals surface area contributed by atoms with Gasteiger partial charge in [0.25, 0.3) is 0 Å². The zero-order chi connectivity index (χ0) is 15.9. The van der Waals surface area contributed by atoms with E-state index in [0.717, 1.165) is 12.2 Å². The van der Waals surface area contributed by atoms with E-state index in [-0.39, 0.29) is 29.7 Å². The van der Waals surface area contributed by atoms with E-state index < -0.39 is 5.82 Å². The van der Waals surface area contributed by atoms with Crippen LogP contribution in [0, 0.1) is 5.82 Å². The zero-order valence-corrected chi connectivity index (χ0v) is 15.4.